The summed E-state index contributed by atoms with van der Waals surface area (Å²) >= 11 is 0. The Morgan fingerprint density at radius 2 is 1.63 bits per heavy atom. The van der Waals surface area contributed by atoms with E-state index in [1.54, 1.807) is 20.8 Å². The van der Waals surface area contributed by atoms with E-state index in [1.165, 1.54) is 31.4 Å². The SMILES string of the molecule is COc1ccc(S(=O)(=O)N[C@H](CCCCNC(=O)OCc2ccccc2)C(=O)OC(C)(C)C)cc1. The summed E-state index contributed by atoms with van der Waals surface area (Å²) in [6, 6.07) is 14.1. The third-order valence-electron chi connectivity index (χ3n) is 4.76. The van der Waals surface area contributed by atoms with Crippen LogP contribution in [0, 0.1) is 0 Å². The number of alkyl carbamates (subject to hydrolysis) is 1. The number of nitrogens with one attached hydrogen (secondary N) is 2. The largest absolute Gasteiger partial charge is 0.497 e. The molecule has 0 spiro atoms. The van der Waals surface area contributed by atoms with Gasteiger partial charge in [0.05, 0.1) is 12.0 Å². The van der Waals surface area contributed by atoms with Crippen LogP contribution in [0.15, 0.2) is 59.5 Å². The number of hydrogen-bond donors (Lipinski definition) is 2. The van der Waals surface area contributed by atoms with E-state index >= 15 is 0 Å². The summed E-state index contributed by atoms with van der Waals surface area (Å²) in [5.41, 5.74) is 0.109. The molecule has 0 fully saturated rings. The van der Waals surface area contributed by atoms with E-state index in [-0.39, 0.29) is 17.9 Å². The van der Waals surface area contributed by atoms with E-state index < -0.39 is 33.7 Å². The van der Waals surface area contributed by atoms with Crippen molar-refractivity contribution in [2.45, 2.75) is 63.2 Å². The van der Waals surface area contributed by atoms with Crippen molar-refractivity contribution in [3.05, 3.63) is 60.2 Å². The number of carbonyl (C=O) groups excluding carboxylic acids is 2. The molecule has 192 valence electrons. The van der Waals surface area contributed by atoms with E-state index in [0.29, 0.717) is 25.1 Å². The average molecular weight is 507 g/mol. The number of amides is 1. The van der Waals surface area contributed by atoms with E-state index in [2.05, 4.69) is 10.0 Å². The van der Waals surface area contributed by atoms with Gasteiger partial charge in [-0.25, -0.2) is 13.2 Å². The molecule has 2 N–H and O–H groups in total. The first-order chi connectivity index (χ1) is 16.5. The fourth-order valence-electron chi connectivity index (χ4n) is 3.05. The molecule has 0 bridgehead atoms. The fraction of sp³-hybridized carbons (Fsp3) is 0.440. The summed E-state index contributed by atoms with van der Waals surface area (Å²) in [6.45, 7) is 5.63. The third kappa shape index (κ3) is 10.4. The summed E-state index contributed by atoms with van der Waals surface area (Å²) < 4.78 is 43.8. The first-order valence-corrected chi connectivity index (χ1v) is 12.8. The molecule has 9 nitrogen and oxygen atoms in total. The topological polar surface area (TPSA) is 120 Å². The van der Waals surface area contributed by atoms with Gasteiger partial charge >= 0.3 is 12.1 Å². The summed E-state index contributed by atoms with van der Waals surface area (Å²) in [6.07, 6.45) is 0.640. The number of methoxy groups -OCH3 is 1. The lowest BCUT2D eigenvalue weighted by atomic mass is 10.1. The summed E-state index contributed by atoms with van der Waals surface area (Å²) in [5, 5.41) is 2.65. The molecule has 1 amide bonds. The van der Waals surface area contributed by atoms with Gasteiger partial charge < -0.3 is 19.5 Å². The lowest BCUT2D eigenvalue weighted by Gasteiger charge is -2.24. The van der Waals surface area contributed by atoms with Crippen molar-refractivity contribution in [3.8, 4) is 5.75 Å². The Morgan fingerprint density at radius 3 is 2.23 bits per heavy atom. The van der Waals surface area contributed by atoms with E-state index in [9.17, 15) is 18.0 Å². The minimum Gasteiger partial charge on any atom is -0.497 e. The molecule has 0 aliphatic rings. The normalized spacial score (nSPS) is 12.5. The van der Waals surface area contributed by atoms with Crippen molar-refractivity contribution in [3.63, 3.8) is 0 Å². The molecule has 35 heavy (non-hydrogen) atoms. The monoisotopic (exact) mass is 506 g/mol. The maximum Gasteiger partial charge on any atom is 0.407 e. The number of ether oxygens (including phenoxy) is 3. The highest BCUT2D eigenvalue weighted by atomic mass is 32.2. The predicted octanol–water partition coefficient (Wildman–Crippen LogP) is 3.78. The molecule has 2 rings (SSSR count). The Kier molecular flexibility index (Phi) is 10.5. The van der Waals surface area contributed by atoms with Crippen molar-refractivity contribution in [2.75, 3.05) is 13.7 Å². The van der Waals surface area contributed by atoms with Gasteiger partial charge in [-0.15, -0.1) is 0 Å². The second-order valence-electron chi connectivity index (χ2n) is 8.87. The Labute approximate surface area is 207 Å². The molecular weight excluding hydrogens is 472 g/mol. The van der Waals surface area contributed by atoms with E-state index in [0.717, 1.165) is 5.56 Å². The highest BCUT2D eigenvalue weighted by molar-refractivity contribution is 7.89. The van der Waals surface area contributed by atoms with Crippen LogP contribution in [0.1, 0.15) is 45.6 Å². The third-order valence-corrected chi connectivity index (χ3v) is 6.25. The predicted molar refractivity (Wildman–Crippen MR) is 131 cm³/mol. The van der Waals surface area contributed by atoms with Crippen molar-refractivity contribution in [1.82, 2.24) is 10.0 Å². The van der Waals surface area contributed by atoms with Gasteiger partial charge in [0.2, 0.25) is 10.0 Å². The highest BCUT2D eigenvalue weighted by Gasteiger charge is 2.29. The molecule has 0 radical (unpaired) electrons. The molecule has 0 aliphatic heterocycles. The van der Waals surface area contributed by atoms with Crippen LogP contribution in [0.5, 0.6) is 5.75 Å². The Bertz CT molecular complexity index is 1050. The molecule has 2 aromatic carbocycles. The van der Waals surface area contributed by atoms with E-state index in [4.69, 9.17) is 14.2 Å². The second kappa shape index (κ2) is 13.1. The molecule has 0 heterocycles. The van der Waals surface area contributed by atoms with Gasteiger partial charge in [0.15, 0.2) is 0 Å². The van der Waals surface area contributed by atoms with Crippen LogP contribution in [-0.4, -0.2) is 45.8 Å². The van der Waals surface area contributed by atoms with Gasteiger partial charge in [-0.1, -0.05) is 30.3 Å². The standard InChI is InChI=1S/C25H34N2O7S/c1-25(2,3)34-23(28)22(27-35(30,31)21-15-13-20(32-4)14-16-21)12-8-9-17-26-24(29)33-18-19-10-6-5-7-11-19/h5-7,10-11,13-16,22,27H,8-9,12,17-18H2,1-4H3,(H,26,29)/t22-/m1/s1. The smallest absolute Gasteiger partial charge is 0.407 e. The summed E-state index contributed by atoms with van der Waals surface area (Å²) in [4.78, 5) is 24.6. The van der Waals surface area contributed by atoms with Gasteiger partial charge in [-0.3, -0.25) is 4.79 Å². The van der Waals surface area contributed by atoms with Gasteiger partial charge in [0.1, 0.15) is 24.0 Å². The van der Waals surface area contributed by atoms with Crippen LogP contribution < -0.4 is 14.8 Å². The Hall–Kier alpha value is -3.11. The maximum absolute atomic E-state index is 12.8. The number of rotatable bonds is 12. The molecule has 0 saturated carbocycles. The molecule has 0 aromatic heterocycles. The Balaban J connectivity index is 1.89. The van der Waals surface area contributed by atoms with Crippen LogP contribution >= 0.6 is 0 Å². The number of benzene rings is 2. The highest BCUT2D eigenvalue weighted by Crippen LogP contribution is 2.18. The van der Waals surface area contributed by atoms with E-state index in [1.807, 2.05) is 30.3 Å². The number of unbranched alkanes of at least 4 members (excludes halogenated alkanes) is 1. The van der Waals surface area contributed by atoms with Gasteiger partial charge in [0.25, 0.3) is 0 Å². The van der Waals surface area contributed by atoms with Crippen LogP contribution in [-0.2, 0) is 30.9 Å². The van der Waals surface area contributed by atoms with Crippen LogP contribution in [0.2, 0.25) is 0 Å². The molecule has 0 saturated heterocycles. The van der Waals surface area contributed by atoms with Crippen LogP contribution in [0.25, 0.3) is 0 Å². The number of hydrogen-bond acceptors (Lipinski definition) is 7. The van der Waals surface area contributed by atoms with Gasteiger partial charge in [-0.2, -0.15) is 4.72 Å². The zero-order chi connectivity index (χ0) is 25.9. The van der Waals surface area contributed by atoms with Crippen molar-refractivity contribution in [2.24, 2.45) is 0 Å². The number of sulfonamides is 1. The molecule has 1 atom stereocenters. The van der Waals surface area contributed by atoms with Crippen LogP contribution in [0.3, 0.4) is 0 Å². The number of carbonyl (C=O) groups is 2. The number of esters is 1. The van der Waals surface area contributed by atoms with Crippen molar-refractivity contribution >= 4 is 22.1 Å². The van der Waals surface area contributed by atoms with Gasteiger partial charge in [0, 0.05) is 6.54 Å². The zero-order valence-electron chi connectivity index (χ0n) is 20.6. The molecule has 2 aromatic rings. The first-order valence-electron chi connectivity index (χ1n) is 11.3. The quantitative estimate of drug-likeness (QED) is 0.332. The van der Waals surface area contributed by atoms with Crippen LogP contribution in [0.4, 0.5) is 4.79 Å². The summed E-state index contributed by atoms with van der Waals surface area (Å²) in [7, 11) is -2.49. The van der Waals surface area contributed by atoms with Gasteiger partial charge in [-0.05, 0) is 69.9 Å². The lowest BCUT2D eigenvalue weighted by molar-refractivity contribution is -0.157. The maximum atomic E-state index is 12.8. The molecular formula is C25H34N2O7S. The minimum absolute atomic E-state index is 0.00897. The first kappa shape index (κ1) is 28.1. The molecule has 0 aliphatic carbocycles. The molecule has 0 unspecified atom stereocenters. The minimum atomic E-state index is -3.97. The molecule has 10 heteroatoms. The van der Waals surface area contributed by atoms with Crippen molar-refractivity contribution in [1.29, 1.82) is 0 Å². The lowest BCUT2D eigenvalue weighted by Crippen LogP contribution is -2.44. The zero-order valence-corrected chi connectivity index (χ0v) is 21.4. The Morgan fingerprint density at radius 1 is 0.971 bits per heavy atom. The summed E-state index contributed by atoms with van der Waals surface area (Å²) in [5.74, 6) is -0.146. The average Bonchev–Trinajstić information content (AvgIpc) is 2.81. The fourth-order valence-corrected chi connectivity index (χ4v) is 4.27. The second-order valence-corrected chi connectivity index (χ2v) is 10.6. The van der Waals surface area contributed by atoms with Crippen molar-refractivity contribution < 1.29 is 32.2 Å².